The molecule has 0 bridgehead atoms. The van der Waals surface area contributed by atoms with Crippen molar-refractivity contribution in [2.24, 2.45) is 11.7 Å². The number of nitrogens with two attached hydrogens (primary N) is 1. The number of amides is 1. The highest BCUT2D eigenvalue weighted by Gasteiger charge is 2.45. The first kappa shape index (κ1) is 17.5. The minimum atomic E-state index is -0.302. The Morgan fingerprint density at radius 2 is 1.92 bits per heavy atom. The maximum atomic E-state index is 13.7. The maximum absolute atomic E-state index is 13.7. The van der Waals surface area contributed by atoms with Gasteiger partial charge in [-0.1, -0.05) is 43.5 Å². The summed E-state index contributed by atoms with van der Waals surface area (Å²) < 4.78 is 0. The van der Waals surface area contributed by atoms with Crippen LogP contribution in [0.2, 0.25) is 0 Å². The number of hydrogen-bond acceptors (Lipinski definition) is 2. The quantitative estimate of drug-likeness (QED) is 0.918. The molecular weight excluding hydrogens is 296 g/mol. The van der Waals surface area contributed by atoms with Gasteiger partial charge >= 0.3 is 0 Å². The van der Waals surface area contributed by atoms with Gasteiger partial charge in [-0.3, -0.25) is 4.79 Å². The fraction of sp³-hybridized carbons (Fsp3) is 0.667. The smallest absolute Gasteiger partial charge is 0.233 e. The van der Waals surface area contributed by atoms with Crippen molar-refractivity contribution in [3.05, 3.63) is 35.4 Å². The van der Waals surface area contributed by atoms with Crippen LogP contribution in [0.4, 0.5) is 0 Å². The molecule has 1 amide bonds. The zero-order valence-electron chi connectivity index (χ0n) is 15.3. The molecule has 3 nitrogen and oxygen atoms in total. The predicted molar refractivity (Wildman–Crippen MR) is 98.9 cm³/mol. The van der Waals surface area contributed by atoms with E-state index in [1.807, 2.05) is 0 Å². The number of rotatable bonds is 3. The zero-order valence-corrected chi connectivity index (χ0v) is 15.3. The second-order valence-corrected chi connectivity index (χ2v) is 7.97. The summed E-state index contributed by atoms with van der Waals surface area (Å²) in [5.41, 5.74) is 8.36. The number of carbonyl (C=O) groups is 1. The van der Waals surface area contributed by atoms with E-state index < -0.39 is 0 Å². The largest absolute Gasteiger partial charge is 0.342 e. The molecule has 1 aromatic rings. The van der Waals surface area contributed by atoms with Crippen molar-refractivity contribution in [1.29, 1.82) is 0 Å². The Balaban J connectivity index is 1.91. The molecule has 132 valence electrons. The summed E-state index contributed by atoms with van der Waals surface area (Å²) in [6, 6.07) is 8.67. The molecule has 2 N–H and O–H groups in total. The van der Waals surface area contributed by atoms with E-state index in [-0.39, 0.29) is 11.5 Å². The first-order valence-electron chi connectivity index (χ1n) is 9.66. The Labute approximate surface area is 146 Å². The van der Waals surface area contributed by atoms with Crippen molar-refractivity contribution in [2.75, 3.05) is 13.1 Å². The number of carbonyl (C=O) groups excluding carboxylic acids is 1. The average Bonchev–Trinajstić information content (AvgIpc) is 2.62. The Bertz CT molecular complexity index is 575. The SMILES string of the molecule is Cc1ccccc1C1(C(=O)N2CCCC(C(C)N)C2)CCCCC1. The van der Waals surface area contributed by atoms with E-state index in [1.54, 1.807) is 0 Å². The molecule has 2 aliphatic rings. The van der Waals surface area contributed by atoms with Crippen LogP contribution in [0.3, 0.4) is 0 Å². The molecule has 1 saturated carbocycles. The highest BCUT2D eigenvalue weighted by atomic mass is 16.2. The van der Waals surface area contributed by atoms with Crippen LogP contribution in [0.1, 0.15) is 63.0 Å². The summed E-state index contributed by atoms with van der Waals surface area (Å²) in [7, 11) is 0. The standard InChI is InChI=1S/C21H32N2O/c1-16-9-4-5-11-19(16)21(12-6-3-7-13-21)20(24)23-14-8-10-18(15-23)17(2)22/h4-5,9,11,17-18H,3,6-8,10,12-15,22H2,1-2H3. The molecule has 2 fully saturated rings. The van der Waals surface area contributed by atoms with E-state index in [0.29, 0.717) is 11.8 Å². The van der Waals surface area contributed by atoms with Gasteiger partial charge in [0.25, 0.3) is 0 Å². The van der Waals surface area contributed by atoms with Gasteiger partial charge in [-0.05, 0) is 56.6 Å². The minimum absolute atomic E-state index is 0.168. The van der Waals surface area contributed by atoms with Crippen molar-refractivity contribution in [3.8, 4) is 0 Å². The van der Waals surface area contributed by atoms with E-state index in [0.717, 1.165) is 51.6 Å². The van der Waals surface area contributed by atoms with Crippen molar-refractivity contribution in [1.82, 2.24) is 4.90 Å². The van der Waals surface area contributed by atoms with Crippen LogP contribution in [0.25, 0.3) is 0 Å². The van der Waals surface area contributed by atoms with Crippen molar-refractivity contribution < 1.29 is 4.79 Å². The van der Waals surface area contributed by atoms with Crippen molar-refractivity contribution >= 4 is 5.91 Å². The number of aryl methyl sites for hydroxylation is 1. The monoisotopic (exact) mass is 328 g/mol. The summed E-state index contributed by atoms with van der Waals surface area (Å²) in [5, 5.41) is 0. The van der Waals surface area contributed by atoms with Gasteiger partial charge in [0.1, 0.15) is 0 Å². The predicted octanol–water partition coefficient (Wildman–Crippen LogP) is 3.78. The lowest BCUT2D eigenvalue weighted by molar-refractivity contribution is -0.141. The summed E-state index contributed by atoms with van der Waals surface area (Å²) >= 11 is 0. The van der Waals surface area contributed by atoms with Gasteiger partial charge in [-0.15, -0.1) is 0 Å². The van der Waals surface area contributed by atoms with Gasteiger partial charge in [-0.25, -0.2) is 0 Å². The highest BCUT2D eigenvalue weighted by Crippen LogP contribution is 2.43. The normalized spacial score (nSPS) is 25.3. The van der Waals surface area contributed by atoms with Crippen LogP contribution in [0, 0.1) is 12.8 Å². The molecule has 1 saturated heterocycles. The number of benzene rings is 1. The molecule has 0 aromatic heterocycles. The van der Waals surface area contributed by atoms with Gasteiger partial charge in [0.05, 0.1) is 5.41 Å². The maximum Gasteiger partial charge on any atom is 0.233 e. The Hall–Kier alpha value is -1.35. The molecule has 1 aromatic carbocycles. The third-order valence-electron chi connectivity index (χ3n) is 6.27. The lowest BCUT2D eigenvalue weighted by Crippen LogP contribution is -2.53. The lowest BCUT2D eigenvalue weighted by atomic mass is 9.67. The number of piperidine rings is 1. The second kappa shape index (κ2) is 7.26. The Morgan fingerprint density at radius 1 is 1.21 bits per heavy atom. The second-order valence-electron chi connectivity index (χ2n) is 7.97. The number of hydrogen-bond donors (Lipinski definition) is 1. The van der Waals surface area contributed by atoms with Gasteiger partial charge in [0, 0.05) is 19.1 Å². The molecule has 1 heterocycles. The molecule has 0 radical (unpaired) electrons. The van der Waals surface area contributed by atoms with Gasteiger partial charge in [0.15, 0.2) is 0 Å². The highest BCUT2D eigenvalue weighted by molar-refractivity contribution is 5.89. The van der Waals surface area contributed by atoms with E-state index in [2.05, 4.69) is 43.0 Å². The van der Waals surface area contributed by atoms with Crippen LogP contribution < -0.4 is 5.73 Å². The number of nitrogens with zero attached hydrogens (tertiary/aromatic N) is 1. The molecule has 0 spiro atoms. The molecule has 3 rings (SSSR count). The fourth-order valence-electron chi connectivity index (χ4n) is 4.79. The summed E-state index contributed by atoms with van der Waals surface area (Å²) in [5.74, 6) is 0.807. The lowest BCUT2D eigenvalue weighted by Gasteiger charge is -2.44. The van der Waals surface area contributed by atoms with E-state index in [4.69, 9.17) is 5.73 Å². The van der Waals surface area contributed by atoms with Crippen LogP contribution in [0.5, 0.6) is 0 Å². The molecular formula is C21H32N2O. The minimum Gasteiger partial charge on any atom is -0.342 e. The van der Waals surface area contributed by atoms with Gasteiger partial charge in [-0.2, -0.15) is 0 Å². The van der Waals surface area contributed by atoms with Crippen molar-refractivity contribution in [2.45, 2.75) is 70.3 Å². The molecule has 2 atom stereocenters. The fourth-order valence-corrected chi connectivity index (χ4v) is 4.79. The number of likely N-dealkylation sites (tertiary alicyclic amines) is 1. The molecule has 3 heteroatoms. The van der Waals surface area contributed by atoms with Crippen molar-refractivity contribution in [3.63, 3.8) is 0 Å². The van der Waals surface area contributed by atoms with Gasteiger partial charge < -0.3 is 10.6 Å². The Kier molecular flexibility index (Phi) is 5.29. The first-order chi connectivity index (χ1) is 11.5. The van der Waals surface area contributed by atoms with E-state index >= 15 is 0 Å². The van der Waals surface area contributed by atoms with Crippen LogP contribution in [0.15, 0.2) is 24.3 Å². The third-order valence-corrected chi connectivity index (χ3v) is 6.27. The van der Waals surface area contributed by atoms with E-state index in [1.165, 1.54) is 17.5 Å². The molecule has 24 heavy (non-hydrogen) atoms. The summed E-state index contributed by atoms with van der Waals surface area (Å²) in [6.45, 7) is 5.97. The van der Waals surface area contributed by atoms with E-state index in [9.17, 15) is 4.79 Å². The van der Waals surface area contributed by atoms with Crippen LogP contribution >= 0.6 is 0 Å². The van der Waals surface area contributed by atoms with Gasteiger partial charge in [0.2, 0.25) is 5.91 Å². The topological polar surface area (TPSA) is 46.3 Å². The molecule has 1 aliphatic carbocycles. The first-order valence-corrected chi connectivity index (χ1v) is 9.66. The average molecular weight is 329 g/mol. The Morgan fingerprint density at radius 3 is 2.58 bits per heavy atom. The summed E-state index contributed by atoms with van der Waals surface area (Å²) in [6.07, 6.45) is 7.80. The van der Waals surface area contributed by atoms with Crippen LogP contribution in [-0.4, -0.2) is 29.9 Å². The van der Waals surface area contributed by atoms with Crippen LogP contribution in [-0.2, 0) is 10.2 Å². The summed E-state index contributed by atoms with van der Waals surface area (Å²) in [4.78, 5) is 15.8. The molecule has 1 aliphatic heterocycles. The molecule has 2 unspecified atom stereocenters. The third kappa shape index (κ3) is 3.23. The zero-order chi connectivity index (χ0) is 17.2.